The summed E-state index contributed by atoms with van der Waals surface area (Å²) in [6.45, 7) is 5.86. The third kappa shape index (κ3) is 3.23. The van der Waals surface area contributed by atoms with E-state index in [0.29, 0.717) is 6.67 Å². The quantitative estimate of drug-likeness (QED) is 0.708. The van der Waals surface area contributed by atoms with Crippen LogP contribution in [-0.4, -0.2) is 49.7 Å². The van der Waals surface area contributed by atoms with Crippen molar-refractivity contribution in [2.24, 2.45) is 0 Å². The summed E-state index contributed by atoms with van der Waals surface area (Å²) >= 11 is 0. The number of fused-ring (bicyclic) bond motifs is 1. The SMILES string of the molecule is C[C@]1(c2ccc3c(c2)CCC3)NC(=O)N(C[NH+]2CCN(c3cc[nH+]cc3)CC2)C1=O. The topological polar surface area (TPSA) is 71.2 Å². The summed E-state index contributed by atoms with van der Waals surface area (Å²) in [7, 11) is 0. The monoisotopic (exact) mass is 407 g/mol. The van der Waals surface area contributed by atoms with E-state index in [1.807, 2.05) is 25.4 Å². The van der Waals surface area contributed by atoms with E-state index in [0.717, 1.165) is 44.6 Å². The van der Waals surface area contributed by atoms with Gasteiger partial charge in [0.25, 0.3) is 5.91 Å². The number of aryl methyl sites for hydroxylation is 2. The fraction of sp³-hybridized carbons (Fsp3) is 0.435. The predicted octanol–water partition coefficient (Wildman–Crippen LogP) is 0.119. The van der Waals surface area contributed by atoms with E-state index in [-0.39, 0.29) is 11.9 Å². The third-order valence-corrected chi connectivity index (χ3v) is 6.87. The Hall–Kier alpha value is -2.93. The molecule has 3 aliphatic rings. The van der Waals surface area contributed by atoms with Crippen molar-refractivity contribution in [1.29, 1.82) is 0 Å². The number of imide groups is 1. The largest absolute Gasteiger partial charge is 0.360 e. The molecule has 2 fully saturated rings. The summed E-state index contributed by atoms with van der Waals surface area (Å²) in [5, 5.41) is 2.97. The average molecular weight is 408 g/mol. The lowest BCUT2D eigenvalue weighted by Gasteiger charge is -2.34. The minimum absolute atomic E-state index is 0.140. The molecule has 3 heterocycles. The van der Waals surface area contributed by atoms with Crippen molar-refractivity contribution < 1.29 is 19.5 Å². The van der Waals surface area contributed by atoms with Crippen LogP contribution >= 0.6 is 0 Å². The van der Waals surface area contributed by atoms with Gasteiger partial charge in [0, 0.05) is 17.8 Å². The summed E-state index contributed by atoms with van der Waals surface area (Å²) < 4.78 is 0. The molecule has 30 heavy (non-hydrogen) atoms. The van der Waals surface area contributed by atoms with Gasteiger partial charge in [-0.3, -0.25) is 4.79 Å². The van der Waals surface area contributed by atoms with Crippen molar-refractivity contribution in [1.82, 2.24) is 10.2 Å². The fourth-order valence-corrected chi connectivity index (χ4v) is 4.97. The number of hydrogen-bond acceptors (Lipinski definition) is 3. The van der Waals surface area contributed by atoms with Crippen molar-refractivity contribution in [3.63, 3.8) is 0 Å². The number of piperazine rings is 1. The first-order valence-corrected chi connectivity index (χ1v) is 10.9. The molecule has 0 unspecified atom stereocenters. The second-order valence-corrected chi connectivity index (χ2v) is 8.78. The molecule has 1 aromatic carbocycles. The van der Waals surface area contributed by atoms with E-state index >= 15 is 0 Å². The Bertz CT molecular complexity index is 971. The second kappa shape index (κ2) is 7.40. The molecule has 156 valence electrons. The summed E-state index contributed by atoms with van der Waals surface area (Å²) in [6, 6.07) is 10.1. The van der Waals surface area contributed by atoms with Gasteiger partial charge in [-0.15, -0.1) is 0 Å². The van der Waals surface area contributed by atoms with Crippen LogP contribution in [0.1, 0.15) is 30.0 Å². The van der Waals surface area contributed by atoms with E-state index in [9.17, 15) is 9.59 Å². The molecular weight excluding hydrogens is 378 g/mol. The van der Waals surface area contributed by atoms with Crippen molar-refractivity contribution in [2.75, 3.05) is 37.7 Å². The summed E-state index contributed by atoms with van der Waals surface area (Å²) in [5.41, 5.74) is 3.80. The molecule has 2 aliphatic heterocycles. The molecule has 1 atom stereocenters. The number of amides is 3. The zero-order chi connectivity index (χ0) is 20.7. The van der Waals surface area contributed by atoms with Gasteiger partial charge in [0.05, 0.1) is 26.2 Å². The number of nitrogens with one attached hydrogen (secondary N) is 3. The van der Waals surface area contributed by atoms with E-state index in [2.05, 4.69) is 39.5 Å². The van der Waals surface area contributed by atoms with E-state index < -0.39 is 5.54 Å². The lowest BCUT2D eigenvalue weighted by molar-refractivity contribution is -0.907. The number of carbonyl (C=O) groups is 2. The number of urea groups is 1. The van der Waals surface area contributed by atoms with Crippen LogP contribution in [-0.2, 0) is 23.2 Å². The zero-order valence-corrected chi connectivity index (χ0v) is 17.4. The smallest absolute Gasteiger partial charge is 0.329 e. The molecule has 2 saturated heterocycles. The Morgan fingerprint density at radius 3 is 2.57 bits per heavy atom. The van der Waals surface area contributed by atoms with Crippen molar-refractivity contribution >= 4 is 17.6 Å². The van der Waals surface area contributed by atoms with Gasteiger partial charge in [0.2, 0.25) is 0 Å². The first kappa shape index (κ1) is 19.1. The minimum Gasteiger partial charge on any atom is -0.360 e. The highest BCUT2D eigenvalue weighted by Gasteiger charge is 2.50. The highest BCUT2D eigenvalue weighted by atomic mass is 16.2. The van der Waals surface area contributed by atoms with Crippen LogP contribution < -0.4 is 20.1 Å². The maximum Gasteiger partial charge on any atom is 0.329 e. The fourth-order valence-electron chi connectivity index (χ4n) is 4.97. The molecule has 0 spiro atoms. The standard InChI is InChI=1S/C23H27N5O2/c1-23(19-6-5-17-3-2-4-18(17)15-19)21(29)28(22(30)25-23)16-26-11-13-27(14-12-26)20-7-9-24-10-8-20/h5-10,15H,2-4,11-14,16H2,1H3,(H,25,30)/p+2/t23-/m1/s1. The summed E-state index contributed by atoms with van der Waals surface area (Å²) in [4.78, 5) is 34.1. The normalized spacial score (nSPS) is 24.3. The molecule has 0 bridgehead atoms. The van der Waals surface area contributed by atoms with Crippen LogP contribution in [0.4, 0.5) is 10.5 Å². The second-order valence-electron chi connectivity index (χ2n) is 8.78. The van der Waals surface area contributed by atoms with Gasteiger partial charge < -0.3 is 15.1 Å². The number of pyridine rings is 1. The van der Waals surface area contributed by atoms with Crippen molar-refractivity contribution in [3.05, 3.63) is 59.4 Å². The van der Waals surface area contributed by atoms with Crippen LogP contribution in [0.25, 0.3) is 0 Å². The number of aromatic nitrogens is 1. The van der Waals surface area contributed by atoms with Crippen LogP contribution in [0.3, 0.4) is 0 Å². The van der Waals surface area contributed by atoms with Crippen molar-refractivity contribution in [2.45, 2.75) is 31.7 Å². The van der Waals surface area contributed by atoms with Crippen molar-refractivity contribution in [3.8, 4) is 0 Å². The molecule has 1 aromatic heterocycles. The number of H-pyrrole nitrogens is 1. The minimum atomic E-state index is -0.976. The number of carbonyl (C=O) groups excluding carboxylic acids is 2. The van der Waals surface area contributed by atoms with Gasteiger partial charge in [-0.2, -0.15) is 0 Å². The molecule has 0 saturated carbocycles. The lowest BCUT2D eigenvalue weighted by atomic mass is 9.90. The highest BCUT2D eigenvalue weighted by Crippen LogP contribution is 2.32. The van der Waals surface area contributed by atoms with Gasteiger partial charge in [-0.1, -0.05) is 18.2 Å². The van der Waals surface area contributed by atoms with E-state index in [1.165, 1.54) is 33.0 Å². The maximum absolute atomic E-state index is 13.3. The average Bonchev–Trinajstić information content (AvgIpc) is 3.33. The van der Waals surface area contributed by atoms with E-state index in [1.54, 1.807) is 0 Å². The number of quaternary nitrogens is 1. The van der Waals surface area contributed by atoms with Gasteiger partial charge in [-0.25, -0.2) is 14.7 Å². The third-order valence-electron chi connectivity index (χ3n) is 6.87. The maximum atomic E-state index is 13.3. The number of anilines is 1. The predicted molar refractivity (Wildman–Crippen MR) is 112 cm³/mol. The Morgan fingerprint density at radius 1 is 1.07 bits per heavy atom. The molecule has 5 rings (SSSR count). The molecular formula is C23H29N5O2+2. The Kier molecular flexibility index (Phi) is 4.70. The van der Waals surface area contributed by atoms with Gasteiger partial charge >= 0.3 is 6.03 Å². The van der Waals surface area contributed by atoms with E-state index in [4.69, 9.17) is 0 Å². The number of benzene rings is 1. The molecule has 2 aromatic rings. The number of rotatable bonds is 4. The van der Waals surface area contributed by atoms with Gasteiger partial charge in [-0.05, 0) is 42.9 Å². The lowest BCUT2D eigenvalue weighted by Crippen LogP contribution is -3.16. The Labute approximate surface area is 176 Å². The molecule has 3 amide bonds. The van der Waals surface area contributed by atoms with Crippen LogP contribution in [0, 0.1) is 0 Å². The first-order chi connectivity index (χ1) is 14.5. The van der Waals surface area contributed by atoms with Gasteiger partial charge in [0.1, 0.15) is 5.54 Å². The molecule has 7 nitrogen and oxygen atoms in total. The number of aromatic amines is 1. The van der Waals surface area contributed by atoms with Crippen LogP contribution in [0.2, 0.25) is 0 Å². The summed E-state index contributed by atoms with van der Waals surface area (Å²) in [6.07, 6.45) is 7.19. The molecule has 1 aliphatic carbocycles. The highest BCUT2D eigenvalue weighted by molar-refractivity contribution is 6.07. The molecule has 7 heteroatoms. The molecule has 3 N–H and O–H groups in total. The first-order valence-electron chi connectivity index (χ1n) is 10.9. The summed E-state index contributed by atoms with van der Waals surface area (Å²) in [5.74, 6) is -0.140. The van der Waals surface area contributed by atoms with Crippen LogP contribution in [0.5, 0.6) is 0 Å². The van der Waals surface area contributed by atoms with Gasteiger partial charge in [0.15, 0.2) is 19.1 Å². The Morgan fingerprint density at radius 2 is 1.80 bits per heavy atom. The Balaban J connectivity index is 1.26. The number of nitrogens with zero attached hydrogens (tertiary/aromatic N) is 2. The molecule has 0 radical (unpaired) electrons. The zero-order valence-electron chi connectivity index (χ0n) is 17.4. The van der Waals surface area contributed by atoms with Crippen LogP contribution in [0.15, 0.2) is 42.7 Å². The number of hydrogen-bond donors (Lipinski definition) is 2.